The molecule has 0 spiro atoms. The van der Waals surface area contributed by atoms with Crippen molar-refractivity contribution in [1.82, 2.24) is 10.3 Å². The van der Waals surface area contributed by atoms with Gasteiger partial charge in [0.15, 0.2) is 5.78 Å². The van der Waals surface area contributed by atoms with Gasteiger partial charge < -0.3 is 14.8 Å². The maximum Gasteiger partial charge on any atom is 0.227 e. The van der Waals surface area contributed by atoms with Gasteiger partial charge in [-0.1, -0.05) is 41.9 Å². The number of benzene rings is 2. The monoisotopic (exact) mass is 422 g/mol. The molecule has 1 aliphatic rings. The minimum atomic E-state index is -0.383. The molecule has 4 rings (SSSR count). The van der Waals surface area contributed by atoms with Gasteiger partial charge in [-0.25, -0.2) is 4.98 Å². The number of nitrogens with one attached hydrogen (secondary N) is 1. The minimum Gasteiger partial charge on any atom is -0.492 e. The van der Waals surface area contributed by atoms with Gasteiger partial charge in [-0.2, -0.15) is 0 Å². The number of rotatable bonds is 6. The molecule has 0 bridgehead atoms. The highest BCUT2D eigenvalue weighted by Crippen LogP contribution is 2.33. The summed E-state index contributed by atoms with van der Waals surface area (Å²) in [6, 6.07) is 17.7. The van der Waals surface area contributed by atoms with Crippen molar-refractivity contribution in [2.45, 2.75) is 6.42 Å². The Labute approximate surface area is 178 Å². The van der Waals surface area contributed by atoms with E-state index in [1.807, 2.05) is 18.2 Å². The third kappa shape index (κ3) is 4.78. The molecule has 1 aliphatic heterocycles. The Kier molecular flexibility index (Phi) is 5.95. The molecule has 0 aliphatic carbocycles. The molecule has 3 aromatic rings. The molecule has 0 saturated heterocycles. The number of fused-ring (bicyclic) bond motifs is 1. The Bertz CT molecular complexity index is 1070. The molecule has 1 atom stereocenters. The topological polar surface area (TPSA) is 77.5 Å². The van der Waals surface area contributed by atoms with E-state index < -0.39 is 0 Å². The van der Waals surface area contributed by atoms with E-state index in [0.29, 0.717) is 28.6 Å². The van der Waals surface area contributed by atoms with Crippen LogP contribution in [0.1, 0.15) is 15.9 Å². The second-order valence-electron chi connectivity index (χ2n) is 6.90. The van der Waals surface area contributed by atoms with Crippen LogP contribution in [0.4, 0.5) is 0 Å². The lowest BCUT2D eigenvalue weighted by atomic mass is 9.95. The van der Waals surface area contributed by atoms with Gasteiger partial charge in [0.25, 0.3) is 0 Å². The van der Waals surface area contributed by atoms with E-state index in [4.69, 9.17) is 21.1 Å². The van der Waals surface area contributed by atoms with Gasteiger partial charge in [0.1, 0.15) is 29.0 Å². The van der Waals surface area contributed by atoms with Crippen LogP contribution in [0.15, 0.2) is 66.9 Å². The summed E-state index contributed by atoms with van der Waals surface area (Å²) in [5.41, 5.74) is 1.44. The lowest BCUT2D eigenvalue weighted by Crippen LogP contribution is -2.39. The predicted molar refractivity (Wildman–Crippen MR) is 112 cm³/mol. The smallest absolute Gasteiger partial charge is 0.227 e. The van der Waals surface area contributed by atoms with Crippen molar-refractivity contribution >= 4 is 23.3 Å². The summed E-state index contributed by atoms with van der Waals surface area (Å²) >= 11 is 5.89. The molecule has 1 amide bonds. The van der Waals surface area contributed by atoms with Crippen LogP contribution in [0.5, 0.6) is 17.2 Å². The zero-order valence-electron chi connectivity index (χ0n) is 16.0. The Morgan fingerprint density at radius 2 is 1.90 bits per heavy atom. The number of halogens is 1. The first-order valence-electron chi connectivity index (χ1n) is 9.49. The lowest BCUT2D eigenvalue weighted by molar-refractivity contribution is -0.126. The van der Waals surface area contributed by atoms with Crippen LogP contribution in [0.2, 0.25) is 5.15 Å². The van der Waals surface area contributed by atoms with E-state index in [1.165, 1.54) is 0 Å². The van der Waals surface area contributed by atoms with Crippen molar-refractivity contribution in [3.63, 3.8) is 0 Å². The maximum absolute atomic E-state index is 12.6. The Morgan fingerprint density at radius 1 is 1.10 bits per heavy atom. The Balaban J connectivity index is 1.38. The summed E-state index contributed by atoms with van der Waals surface area (Å²) < 4.78 is 11.6. The third-order valence-corrected chi connectivity index (χ3v) is 4.97. The maximum atomic E-state index is 12.6. The zero-order chi connectivity index (χ0) is 20.9. The average molecular weight is 423 g/mol. The zero-order valence-corrected chi connectivity index (χ0v) is 16.8. The number of hydrogen-bond acceptors (Lipinski definition) is 5. The average Bonchev–Trinajstić information content (AvgIpc) is 2.77. The number of pyridine rings is 1. The van der Waals surface area contributed by atoms with Crippen LogP contribution in [-0.4, -0.2) is 29.8 Å². The number of Topliss-reactive ketones (excluding diaryl/α,β-unsaturated/α-hetero) is 1. The van der Waals surface area contributed by atoms with Crippen molar-refractivity contribution in [3.8, 4) is 17.2 Å². The van der Waals surface area contributed by atoms with E-state index in [1.54, 1.807) is 48.7 Å². The van der Waals surface area contributed by atoms with E-state index >= 15 is 0 Å². The van der Waals surface area contributed by atoms with Gasteiger partial charge >= 0.3 is 0 Å². The van der Waals surface area contributed by atoms with Crippen molar-refractivity contribution in [2.75, 3.05) is 13.2 Å². The molecule has 152 valence electrons. The number of carbonyl (C=O) groups is 2. The van der Waals surface area contributed by atoms with Crippen LogP contribution in [-0.2, 0) is 11.2 Å². The predicted octanol–water partition coefficient (Wildman–Crippen LogP) is 4.08. The molecule has 1 aromatic heterocycles. The molecular formula is C23H19ClN2O4. The van der Waals surface area contributed by atoms with Gasteiger partial charge in [0.2, 0.25) is 5.91 Å². The van der Waals surface area contributed by atoms with Gasteiger partial charge in [0.05, 0.1) is 12.5 Å². The van der Waals surface area contributed by atoms with E-state index in [0.717, 1.165) is 11.3 Å². The second-order valence-corrected chi connectivity index (χ2v) is 7.29. The SMILES string of the molecule is O=C(CNC(=O)C1COc2ccc(Oc3ccnc(Cl)c3)cc2C1)c1ccccc1. The van der Waals surface area contributed by atoms with Crippen LogP contribution < -0.4 is 14.8 Å². The Morgan fingerprint density at radius 3 is 2.70 bits per heavy atom. The van der Waals surface area contributed by atoms with Crippen LogP contribution in [0.25, 0.3) is 0 Å². The summed E-state index contributed by atoms with van der Waals surface area (Å²) in [6.07, 6.45) is 2.06. The van der Waals surface area contributed by atoms with Gasteiger partial charge in [-0.05, 0) is 36.2 Å². The minimum absolute atomic E-state index is 0.0435. The molecule has 1 N–H and O–H groups in total. The first-order valence-corrected chi connectivity index (χ1v) is 9.87. The van der Waals surface area contributed by atoms with Gasteiger partial charge in [-0.3, -0.25) is 9.59 Å². The van der Waals surface area contributed by atoms with E-state index in [9.17, 15) is 9.59 Å². The summed E-state index contributed by atoms with van der Waals surface area (Å²) in [7, 11) is 0. The lowest BCUT2D eigenvalue weighted by Gasteiger charge is -2.25. The van der Waals surface area contributed by atoms with Crippen LogP contribution in [0.3, 0.4) is 0 Å². The molecular weight excluding hydrogens is 404 g/mol. The molecule has 30 heavy (non-hydrogen) atoms. The molecule has 2 aromatic carbocycles. The van der Waals surface area contributed by atoms with Crippen molar-refractivity contribution in [2.24, 2.45) is 5.92 Å². The fourth-order valence-electron chi connectivity index (χ4n) is 3.22. The molecule has 1 unspecified atom stereocenters. The summed E-state index contributed by atoms with van der Waals surface area (Å²) in [4.78, 5) is 28.7. The Hall–Kier alpha value is -3.38. The van der Waals surface area contributed by atoms with Crippen molar-refractivity contribution < 1.29 is 19.1 Å². The fourth-order valence-corrected chi connectivity index (χ4v) is 3.39. The summed E-state index contributed by atoms with van der Waals surface area (Å²) in [5.74, 6) is 1.18. The first-order chi connectivity index (χ1) is 14.6. The quantitative estimate of drug-likeness (QED) is 0.478. The first kappa shape index (κ1) is 19.9. The highest BCUT2D eigenvalue weighted by atomic mass is 35.5. The third-order valence-electron chi connectivity index (χ3n) is 4.76. The number of ether oxygens (including phenoxy) is 2. The fraction of sp³-hybridized carbons (Fsp3) is 0.174. The second kappa shape index (κ2) is 8.97. The van der Waals surface area contributed by atoms with Crippen molar-refractivity contribution in [1.29, 1.82) is 0 Å². The molecule has 0 fully saturated rings. The van der Waals surface area contributed by atoms with E-state index in [-0.39, 0.29) is 30.8 Å². The molecule has 2 heterocycles. The van der Waals surface area contributed by atoms with Crippen molar-refractivity contribution in [3.05, 3.63) is 83.1 Å². The van der Waals surface area contributed by atoms with Crippen LogP contribution in [0, 0.1) is 5.92 Å². The molecule has 6 nitrogen and oxygen atoms in total. The number of nitrogens with zero attached hydrogens (tertiary/aromatic N) is 1. The summed E-state index contributed by atoms with van der Waals surface area (Å²) in [5, 5.41) is 3.06. The highest BCUT2D eigenvalue weighted by Gasteiger charge is 2.26. The number of carbonyl (C=O) groups excluding carboxylic acids is 2. The molecule has 7 heteroatoms. The highest BCUT2D eigenvalue weighted by molar-refractivity contribution is 6.29. The van der Waals surface area contributed by atoms with E-state index in [2.05, 4.69) is 10.3 Å². The van der Waals surface area contributed by atoms with Crippen LogP contribution >= 0.6 is 11.6 Å². The largest absolute Gasteiger partial charge is 0.492 e. The number of hydrogen-bond donors (Lipinski definition) is 1. The molecule has 0 saturated carbocycles. The normalized spacial score (nSPS) is 14.9. The number of aromatic nitrogens is 1. The summed E-state index contributed by atoms with van der Waals surface area (Å²) in [6.45, 7) is 0.219. The van der Waals surface area contributed by atoms with Gasteiger partial charge in [-0.15, -0.1) is 0 Å². The number of amides is 1. The van der Waals surface area contributed by atoms with Gasteiger partial charge in [0, 0.05) is 17.8 Å². The standard InChI is InChI=1S/C23H19ClN2O4/c24-22-12-19(8-9-25-22)30-18-6-7-21-16(11-18)10-17(14-29-21)23(28)26-13-20(27)15-4-2-1-3-5-15/h1-9,11-12,17H,10,13-14H2,(H,26,28). The number of ketones is 1. The molecule has 0 radical (unpaired) electrons.